The van der Waals surface area contributed by atoms with E-state index in [2.05, 4.69) is 58.5 Å². The highest BCUT2D eigenvalue weighted by Crippen LogP contribution is 2.29. The van der Waals surface area contributed by atoms with Crippen molar-refractivity contribution in [2.24, 2.45) is 0 Å². The van der Waals surface area contributed by atoms with E-state index in [4.69, 9.17) is 19.7 Å². The molecule has 2 aliphatic rings. The number of fused-ring (bicyclic) bond motifs is 1. The lowest BCUT2D eigenvalue weighted by Gasteiger charge is -2.35. The van der Waals surface area contributed by atoms with Gasteiger partial charge in [-0.05, 0) is 63.3 Å². The minimum Gasteiger partial charge on any atom is -0.393 e. The number of thiazole rings is 1. The van der Waals surface area contributed by atoms with Crippen LogP contribution in [0.4, 0.5) is 5.95 Å². The second kappa shape index (κ2) is 11.1. The first-order valence-corrected chi connectivity index (χ1v) is 14.4. The first kappa shape index (κ1) is 25.4. The van der Waals surface area contributed by atoms with Crippen molar-refractivity contribution in [3.63, 3.8) is 0 Å². The highest BCUT2D eigenvalue weighted by Gasteiger charge is 2.24. The third-order valence-corrected chi connectivity index (χ3v) is 8.36. The van der Waals surface area contributed by atoms with Crippen molar-refractivity contribution >= 4 is 27.5 Å². The van der Waals surface area contributed by atoms with E-state index in [9.17, 15) is 5.11 Å². The molecule has 0 radical (unpaired) electrons. The molecule has 9 nitrogen and oxygen atoms in total. The van der Waals surface area contributed by atoms with Crippen molar-refractivity contribution < 1.29 is 9.84 Å². The molecule has 6 rings (SSSR count). The van der Waals surface area contributed by atoms with Crippen molar-refractivity contribution in [2.75, 3.05) is 18.4 Å². The van der Waals surface area contributed by atoms with Gasteiger partial charge < -0.3 is 15.2 Å². The third kappa shape index (κ3) is 6.04. The number of rotatable bonds is 7. The quantitative estimate of drug-likeness (QED) is 0.321. The summed E-state index contributed by atoms with van der Waals surface area (Å²) in [4.78, 5) is 17.2. The zero-order valence-electron chi connectivity index (χ0n) is 21.9. The van der Waals surface area contributed by atoms with E-state index in [1.807, 2.05) is 12.4 Å². The lowest BCUT2D eigenvalue weighted by atomic mass is 9.93. The van der Waals surface area contributed by atoms with Crippen LogP contribution in [0.5, 0.6) is 0 Å². The molecule has 1 saturated carbocycles. The number of hydrogen-bond donors (Lipinski definition) is 3. The van der Waals surface area contributed by atoms with Crippen LogP contribution in [0.1, 0.15) is 55.9 Å². The fourth-order valence-electron chi connectivity index (χ4n) is 5.63. The van der Waals surface area contributed by atoms with Crippen LogP contribution in [0.3, 0.4) is 0 Å². The van der Waals surface area contributed by atoms with Crippen LogP contribution in [0.25, 0.3) is 21.3 Å². The Hall–Kier alpha value is -2.92. The molecular weight excluding hydrogens is 498 g/mol. The molecule has 2 atom stereocenters. The van der Waals surface area contributed by atoms with Crippen molar-refractivity contribution in [1.29, 1.82) is 0 Å². The molecule has 3 N–H and O–H groups in total. The summed E-state index contributed by atoms with van der Waals surface area (Å²) in [7, 11) is 0. The summed E-state index contributed by atoms with van der Waals surface area (Å²) in [6, 6.07) is 8.76. The Bertz CT molecular complexity index is 1360. The van der Waals surface area contributed by atoms with Crippen LogP contribution in [0.2, 0.25) is 0 Å². The average Bonchev–Trinajstić information content (AvgIpc) is 3.54. The highest BCUT2D eigenvalue weighted by atomic mass is 32.1. The lowest BCUT2D eigenvalue weighted by molar-refractivity contribution is -0.0707. The average molecular weight is 534 g/mol. The van der Waals surface area contributed by atoms with Crippen LogP contribution in [0, 0.1) is 0 Å². The number of aromatic nitrogens is 5. The van der Waals surface area contributed by atoms with E-state index in [1.54, 1.807) is 11.3 Å². The van der Waals surface area contributed by atoms with Crippen LogP contribution in [-0.2, 0) is 17.7 Å². The molecule has 0 spiro atoms. The summed E-state index contributed by atoms with van der Waals surface area (Å²) in [5, 5.41) is 21.5. The molecular formula is C28H35N7O2S. The van der Waals surface area contributed by atoms with Gasteiger partial charge in [0.1, 0.15) is 0 Å². The van der Waals surface area contributed by atoms with E-state index in [0.717, 1.165) is 83.1 Å². The smallest absolute Gasteiger partial charge is 0.223 e. The van der Waals surface area contributed by atoms with E-state index < -0.39 is 0 Å². The van der Waals surface area contributed by atoms with Crippen LogP contribution >= 0.6 is 11.3 Å². The van der Waals surface area contributed by atoms with Crippen molar-refractivity contribution in [2.45, 2.75) is 76.9 Å². The Labute approximate surface area is 226 Å². The van der Waals surface area contributed by atoms with Gasteiger partial charge in [-0.2, -0.15) is 5.10 Å². The minimum absolute atomic E-state index is 0.186. The van der Waals surface area contributed by atoms with E-state index in [1.165, 1.54) is 0 Å². The Morgan fingerprint density at radius 2 is 1.82 bits per heavy atom. The van der Waals surface area contributed by atoms with Gasteiger partial charge in [-0.1, -0.05) is 6.07 Å². The third-order valence-electron chi connectivity index (χ3n) is 7.34. The number of ether oxygens (including phenoxy) is 1. The molecule has 4 heterocycles. The number of nitrogens with one attached hydrogen (secondary N) is 2. The molecule has 1 saturated heterocycles. The molecule has 0 unspecified atom stereocenters. The molecule has 3 aromatic heterocycles. The monoisotopic (exact) mass is 533 g/mol. The number of benzene rings is 1. The van der Waals surface area contributed by atoms with Gasteiger partial charge in [0.05, 0.1) is 51.1 Å². The number of nitrogens with zero attached hydrogens (tertiary/aromatic N) is 5. The van der Waals surface area contributed by atoms with Crippen LogP contribution in [-0.4, -0.2) is 72.6 Å². The van der Waals surface area contributed by atoms with Gasteiger partial charge in [0.2, 0.25) is 5.95 Å². The molecule has 0 bridgehead atoms. The predicted octanol–water partition coefficient (Wildman–Crippen LogP) is 4.39. The topological polar surface area (TPSA) is 112 Å². The van der Waals surface area contributed by atoms with Gasteiger partial charge in [0, 0.05) is 43.9 Å². The number of hydrogen-bond acceptors (Lipinski definition) is 9. The summed E-state index contributed by atoms with van der Waals surface area (Å²) >= 11 is 1.71. The van der Waals surface area contributed by atoms with E-state index >= 15 is 0 Å². The molecule has 1 aliphatic carbocycles. The summed E-state index contributed by atoms with van der Waals surface area (Å²) in [6.45, 7) is 6.81. The van der Waals surface area contributed by atoms with Gasteiger partial charge in [0.15, 0.2) is 0 Å². The van der Waals surface area contributed by atoms with Crippen molar-refractivity contribution in [1.82, 2.24) is 30.0 Å². The Morgan fingerprint density at radius 3 is 2.58 bits per heavy atom. The van der Waals surface area contributed by atoms with Gasteiger partial charge in [-0.15, -0.1) is 11.3 Å². The SMILES string of the molecule is C[C@@H]1CN(Cc2cc(Cc3nc4ccc(-c5cn[nH]c5)cc4s3)nc(NC3CCC(O)CC3)n2)C[C@H](C)O1. The fraction of sp³-hybridized carbons (Fsp3) is 0.500. The Kier molecular flexibility index (Phi) is 7.38. The number of aromatic amines is 1. The Balaban J connectivity index is 1.25. The maximum atomic E-state index is 9.92. The normalized spacial score (nSPS) is 24.6. The predicted molar refractivity (Wildman–Crippen MR) is 149 cm³/mol. The molecule has 4 aromatic rings. The zero-order chi connectivity index (χ0) is 26.1. The van der Waals surface area contributed by atoms with Gasteiger partial charge in [-0.3, -0.25) is 10.00 Å². The molecule has 1 aliphatic heterocycles. The second-order valence-electron chi connectivity index (χ2n) is 10.7. The van der Waals surface area contributed by atoms with E-state index in [0.29, 0.717) is 12.4 Å². The molecule has 1 aromatic carbocycles. The first-order valence-electron chi connectivity index (χ1n) is 13.5. The maximum absolute atomic E-state index is 9.92. The first-order chi connectivity index (χ1) is 18.5. The van der Waals surface area contributed by atoms with Gasteiger partial charge in [-0.25, -0.2) is 15.0 Å². The number of H-pyrrole nitrogens is 1. The molecule has 0 amide bonds. The van der Waals surface area contributed by atoms with Gasteiger partial charge in [0.25, 0.3) is 0 Å². The van der Waals surface area contributed by atoms with Gasteiger partial charge >= 0.3 is 0 Å². The summed E-state index contributed by atoms with van der Waals surface area (Å²) in [6.07, 6.45) is 8.13. The van der Waals surface area contributed by atoms with Crippen LogP contribution in [0.15, 0.2) is 36.7 Å². The van der Waals surface area contributed by atoms with Crippen molar-refractivity contribution in [3.05, 3.63) is 53.1 Å². The fourth-order valence-corrected chi connectivity index (χ4v) is 6.65. The highest BCUT2D eigenvalue weighted by molar-refractivity contribution is 7.18. The zero-order valence-corrected chi connectivity index (χ0v) is 22.7. The number of aliphatic hydroxyl groups excluding tert-OH is 1. The maximum Gasteiger partial charge on any atom is 0.223 e. The number of morpholine rings is 1. The number of aliphatic hydroxyl groups is 1. The summed E-state index contributed by atoms with van der Waals surface area (Å²) in [5.74, 6) is 0.677. The second-order valence-corrected chi connectivity index (χ2v) is 11.8. The minimum atomic E-state index is -0.186. The van der Waals surface area contributed by atoms with E-state index in [-0.39, 0.29) is 24.4 Å². The largest absolute Gasteiger partial charge is 0.393 e. The summed E-state index contributed by atoms with van der Waals surface area (Å²) in [5.41, 5.74) is 5.18. The summed E-state index contributed by atoms with van der Waals surface area (Å²) < 4.78 is 7.09. The molecule has 200 valence electrons. The standard InChI is InChI=1S/C28H35N7O2S/c1-17-14-35(15-18(2)37-17)16-23-10-22(32-28(33-23)31-21-4-6-24(36)7-5-21)11-27-34-25-8-3-19(9-26(25)38-27)20-12-29-30-13-20/h3,8-10,12-13,17-18,21,24,36H,4-7,11,14-16H2,1-2H3,(H,29,30)(H,31,32,33)/t17-,18+,21?,24?. The number of anilines is 1. The Morgan fingerprint density at radius 1 is 1.03 bits per heavy atom. The molecule has 38 heavy (non-hydrogen) atoms. The van der Waals surface area contributed by atoms with Crippen LogP contribution < -0.4 is 5.32 Å². The lowest BCUT2D eigenvalue weighted by Crippen LogP contribution is -2.45. The van der Waals surface area contributed by atoms with Crippen molar-refractivity contribution in [3.8, 4) is 11.1 Å². The molecule has 10 heteroatoms. The molecule has 2 fully saturated rings.